The second kappa shape index (κ2) is 9.87. The van der Waals surface area contributed by atoms with Gasteiger partial charge in [-0.2, -0.15) is 0 Å². The van der Waals surface area contributed by atoms with Crippen LogP contribution in [0.5, 0.6) is 0 Å². The fraction of sp³-hybridized carbons (Fsp3) is 0.889. The van der Waals surface area contributed by atoms with Gasteiger partial charge in [-0.05, 0) is 57.5 Å². The molecule has 3 N–H and O–H groups in total. The molecule has 2 saturated heterocycles. The van der Waals surface area contributed by atoms with Gasteiger partial charge in [-0.1, -0.05) is 6.92 Å². The van der Waals surface area contributed by atoms with Crippen LogP contribution in [0.15, 0.2) is 4.99 Å². The molecule has 138 valence electrons. The second-order valence-corrected chi connectivity index (χ2v) is 7.38. The lowest BCUT2D eigenvalue weighted by Crippen LogP contribution is -2.47. The number of nitrogens with zero attached hydrogens (tertiary/aromatic N) is 3. The van der Waals surface area contributed by atoms with Gasteiger partial charge in [0.15, 0.2) is 5.96 Å². The monoisotopic (exact) mass is 337 g/mol. The van der Waals surface area contributed by atoms with Crippen LogP contribution in [-0.4, -0.2) is 67.5 Å². The van der Waals surface area contributed by atoms with Crippen LogP contribution in [0.3, 0.4) is 0 Å². The first-order valence-electron chi connectivity index (χ1n) is 9.62. The molecule has 1 amide bonds. The minimum atomic E-state index is -0.192. The normalized spacial score (nSPS) is 24.2. The van der Waals surface area contributed by atoms with E-state index < -0.39 is 0 Å². The molecule has 1 unspecified atom stereocenters. The molecule has 0 saturated carbocycles. The van der Waals surface area contributed by atoms with Gasteiger partial charge in [0.1, 0.15) is 0 Å². The zero-order valence-corrected chi connectivity index (χ0v) is 15.5. The van der Waals surface area contributed by atoms with Crippen LogP contribution in [0.4, 0.5) is 0 Å². The predicted octanol–water partition coefficient (Wildman–Crippen LogP) is 1.27. The summed E-state index contributed by atoms with van der Waals surface area (Å²) in [5, 5.41) is 3.41. The van der Waals surface area contributed by atoms with Crippen molar-refractivity contribution in [1.29, 1.82) is 0 Å². The molecule has 0 bridgehead atoms. The van der Waals surface area contributed by atoms with Crippen molar-refractivity contribution in [2.45, 2.75) is 46.0 Å². The van der Waals surface area contributed by atoms with Gasteiger partial charge in [-0.3, -0.25) is 9.79 Å². The summed E-state index contributed by atoms with van der Waals surface area (Å²) in [4.78, 5) is 20.9. The maximum absolute atomic E-state index is 11.2. The first-order chi connectivity index (χ1) is 11.6. The van der Waals surface area contributed by atoms with E-state index in [1.54, 1.807) is 0 Å². The van der Waals surface area contributed by atoms with Crippen LogP contribution >= 0.6 is 0 Å². The number of nitrogens with one attached hydrogen (secondary N) is 1. The van der Waals surface area contributed by atoms with Crippen molar-refractivity contribution in [3.63, 3.8) is 0 Å². The van der Waals surface area contributed by atoms with Crippen LogP contribution in [-0.2, 0) is 4.79 Å². The smallest absolute Gasteiger partial charge is 0.217 e. The molecule has 0 aromatic heterocycles. The molecule has 2 fully saturated rings. The van der Waals surface area contributed by atoms with E-state index in [1.807, 2.05) is 0 Å². The molecule has 2 rings (SSSR count). The molecule has 24 heavy (non-hydrogen) atoms. The number of likely N-dealkylation sites (tertiary alicyclic amines) is 2. The van der Waals surface area contributed by atoms with Crippen LogP contribution < -0.4 is 11.1 Å². The Kier molecular flexibility index (Phi) is 7.82. The highest BCUT2D eigenvalue weighted by molar-refractivity contribution is 5.80. The SMILES string of the molecule is CCNC(=NCCN1CCC(C)CC1)N1CCCC(CC(N)=O)C1. The lowest BCUT2D eigenvalue weighted by atomic mass is 9.95. The minimum absolute atomic E-state index is 0.192. The Labute approximate surface area is 146 Å². The Balaban J connectivity index is 1.84. The summed E-state index contributed by atoms with van der Waals surface area (Å²) in [7, 11) is 0. The third-order valence-corrected chi connectivity index (χ3v) is 5.20. The molecule has 0 aliphatic carbocycles. The first-order valence-corrected chi connectivity index (χ1v) is 9.62. The molecular formula is C18H35N5O. The summed E-state index contributed by atoms with van der Waals surface area (Å²) >= 11 is 0. The summed E-state index contributed by atoms with van der Waals surface area (Å²) in [6, 6.07) is 0. The van der Waals surface area contributed by atoms with E-state index in [0.29, 0.717) is 12.3 Å². The number of hydrogen-bond acceptors (Lipinski definition) is 3. The Bertz CT molecular complexity index is 418. The molecule has 2 aliphatic rings. The van der Waals surface area contributed by atoms with Gasteiger partial charge in [0.2, 0.25) is 5.91 Å². The van der Waals surface area contributed by atoms with Crippen molar-refractivity contribution in [3.8, 4) is 0 Å². The second-order valence-electron chi connectivity index (χ2n) is 7.38. The Morgan fingerprint density at radius 2 is 2.00 bits per heavy atom. The zero-order valence-electron chi connectivity index (χ0n) is 15.5. The van der Waals surface area contributed by atoms with Gasteiger partial charge in [-0.25, -0.2) is 0 Å². The number of primary amides is 1. The lowest BCUT2D eigenvalue weighted by Gasteiger charge is -2.35. The summed E-state index contributed by atoms with van der Waals surface area (Å²) in [6.45, 7) is 11.5. The molecule has 2 aliphatic heterocycles. The largest absolute Gasteiger partial charge is 0.370 e. The highest BCUT2D eigenvalue weighted by Gasteiger charge is 2.23. The molecular weight excluding hydrogens is 302 g/mol. The highest BCUT2D eigenvalue weighted by atomic mass is 16.1. The molecule has 0 spiro atoms. The summed E-state index contributed by atoms with van der Waals surface area (Å²) < 4.78 is 0. The van der Waals surface area contributed by atoms with Crippen LogP contribution in [0.1, 0.15) is 46.0 Å². The maximum atomic E-state index is 11.2. The van der Waals surface area contributed by atoms with Crippen molar-refractivity contribution < 1.29 is 4.79 Å². The number of amides is 1. The number of rotatable bonds is 6. The molecule has 1 atom stereocenters. The molecule has 2 heterocycles. The molecule has 6 nitrogen and oxygen atoms in total. The summed E-state index contributed by atoms with van der Waals surface area (Å²) in [5.74, 6) is 2.04. The van der Waals surface area contributed by atoms with Crippen molar-refractivity contribution in [1.82, 2.24) is 15.1 Å². The Hall–Kier alpha value is -1.30. The van der Waals surface area contributed by atoms with Crippen molar-refractivity contribution in [3.05, 3.63) is 0 Å². The van der Waals surface area contributed by atoms with Crippen LogP contribution in [0.2, 0.25) is 0 Å². The van der Waals surface area contributed by atoms with E-state index in [-0.39, 0.29) is 5.91 Å². The fourth-order valence-electron chi connectivity index (χ4n) is 3.72. The highest BCUT2D eigenvalue weighted by Crippen LogP contribution is 2.19. The third kappa shape index (κ3) is 6.30. The number of hydrogen-bond donors (Lipinski definition) is 2. The van der Waals surface area contributed by atoms with Gasteiger partial charge < -0.3 is 20.9 Å². The van der Waals surface area contributed by atoms with E-state index in [1.165, 1.54) is 25.9 Å². The van der Waals surface area contributed by atoms with Gasteiger partial charge >= 0.3 is 0 Å². The van der Waals surface area contributed by atoms with E-state index in [2.05, 4.69) is 29.0 Å². The average molecular weight is 338 g/mol. The number of carbonyl (C=O) groups excluding carboxylic acids is 1. The molecule has 6 heteroatoms. The topological polar surface area (TPSA) is 74.0 Å². The van der Waals surface area contributed by atoms with Gasteiger partial charge in [0.25, 0.3) is 0 Å². The summed E-state index contributed by atoms with van der Waals surface area (Å²) in [5.41, 5.74) is 5.37. The Morgan fingerprint density at radius 1 is 1.25 bits per heavy atom. The number of aliphatic imine (C=N–C) groups is 1. The van der Waals surface area contributed by atoms with Gasteiger partial charge in [-0.15, -0.1) is 0 Å². The summed E-state index contributed by atoms with van der Waals surface area (Å²) in [6.07, 6.45) is 5.30. The van der Waals surface area contributed by atoms with Gasteiger partial charge in [0.05, 0.1) is 6.54 Å². The zero-order chi connectivity index (χ0) is 17.4. The standard InChI is InChI=1S/C18H35N5O/c1-3-20-18(21-8-12-22-10-6-15(2)7-11-22)23-9-4-5-16(14-23)13-17(19)24/h15-16H,3-14H2,1-2H3,(H2,19,24)(H,20,21). The van der Waals surface area contributed by atoms with Crippen LogP contribution in [0.25, 0.3) is 0 Å². The maximum Gasteiger partial charge on any atom is 0.217 e. The third-order valence-electron chi connectivity index (χ3n) is 5.20. The Morgan fingerprint density at radius 3 is 2.67 bits per heavy atom. The quantitative estimate of drug-likeness (QED) is 0.565. The van der Waals surface area contributed by atoms with Crippen LogP contribution in [0, 0.1) is 11.8 Å². The number of guanidine groups is 1. The molecule has 0 aromatic rings. The number of carbonyl (C=O) groups is 1. The van der Waals surface area contributed by atoms with Crippen molar-refractivity contribution in [2.75, 3.05) is 45.8 Å². The van der Waals surface area contributed by atoms with E-state index in [4.69, 9.17) is 10.7 Å². The number of piperidine rings is 2. The lowest BCUT2D eigenvalue weighted by molar-refractivity contribution is -0.119. The van der Waals surface area contributed by atoms with E-state index in [9.17, 15) is 4.79 Å². The number of nitrogens with two attached hydrogens (primary N) is 1. The predicted molar refractivity (Wildman–Crippen MR) is 98.9 cm³/mol. The average Bonchev–Trinajstić information content (AvgIpc) is 2.55. The minimum Gasteiger partial charge on any atom is -0.370 e. The van der Waals surface area contributed by atoms with Crippen molar-refractivity contribution in [2.24, 2.45) is 22.6 Å². The molecule has 0 aromatic carbocycles. The van der Waals surface area contributed by atoms with E-state index in [0.717, 1.165) is 57.4 Å². The van der Waals surface area contributed by atoms with Gasteiger partial charge in [0, 0.05) is 32.6 Å². The van der Waals surface area contributed by atoms with Crippen molar-refractivity contribution >= 4 is 11.9 Å². The molecule has 0 radical (unpaired) electrons. The van der Waals surface area contributed by atoms with E-state index >= 15 is 0 Å². The fourth-order valence-corrected chi connectivity index (χ4v) is 3.72. The first kappa shape index (κ1) is 19.0.